The zero-order valence-corrected chi connectivity index (χ0v) is 10.0. The molecule has 0 saturated heterocycles. The number of hydrogen-bond donors (Lipinski definition) is 1. The van der Waals surface area contributed by atoms with Gasteiger partial charge in [-0.2, -0.15) is 0 Å². The number of nitrogens with two attached hydrogens (primary N) is 1. The van der Waals surface area contributed by atoms with E-state index in [2.05, 4.69) is 0 Å². The zero-order chi connectivity index (χ0) is 12.3. The number of ketones is 1. The van der Waals surface area contributed by atoms with Gasteiger partial charge in [0.2, 0.25) is 0 Å². The Morgan fingerprint density at radius 1 is 1.24 bits per heavy atom. The third kappa shape index (κ3) is 2.67. The molecule has 1 aromatic rings. The first-order valence-electron chi connectivity index (χ1n) is 5.84. The van der Waals surface area contributed by atoms with Gasteiger partial charge in [-0.05, 0) is 30.5 Å². The Kier molecular flexibility index (Phi) is 3.47. The molecule has 0 radical (unpaired) electrons. The van der Waals surface area contributed by atoms with Crippen LogP contribution < -0.4 is 10.5 Å². The van der Waals surface area contributed by atoms with Crippen LogP contribution in [0.2, 0.25) is 0 Å². The van der Waals surface area contributed by atoms with Gasteiger partial charge in [0.25, 0.3) is 0 Å². The summed E-state index contributed by atoms with van der Waals surface area (Å²) in [4.78, 5) is 11.8. The van der Waals surface area contributed by atoms with E-state index >= 15 is 0 Å². The van der Waals surface area contributed by atoms with Gasteiger partial charge in [-0.25, -0.2) is 0 Å². The molecule has 0 aliphatic heterocycles. The second-order valence-corrected chi connectivity index (χ2v) is 4.31. The van der Waals surface area contributed by atoms with Crippen molar-refractivity contribution < 1.29 is 9.53 Å². The minimum Gasteiger partial charge on any atom is -0.497 e. The van der Waals surface area contributed by atoms with Crippen LogP contribution in [0.5, 0.6) is 5.75 Å². The number of carbonyl (C=O) groups is 1. The number of methoxy groups -OCH3 is 1. The van der Waals surface area contributed by atoms with Crippen LogP contribution in [0.1, 0.15) is 24.8 Å². The van der Waals surface area contributed by atoms with Crippen molar-refractivity contribution in [3.8, 4) is 5.75 Å². The van der Waals surface area contributed by atoms with Crippen LogP contribution in [0.3, 0.4) is 0 Å². The Morgan fingerprint density at radius 3 is 2.53 bits per heavy atom. The Hall–Kier alpha value is -1.77. The van der Waals surface area contributed by atoms with Gasteiger partial charge in [0, 0.05) is 24.1 Å². The molecule has 0 aromatic heterocycles. The van der Waals surface area contributed by atoms with E-state index in [4.69, 9.17) is 10.5 Å². The van der Waals surface area contributed by atoms with E-state index in [0.29, 0.717) is 12.8 Å². The summed E-state index contributed by atoms with van der Waals surface area (Å²) in [6.45, 7) is 0. The molecule has 3 nitrogen and oxygen atoms in total. The SMILES string of the molecule is COc1ccc(CC2=C(N)CCCC2=O)cc1. The van der Waals surface area contributed by atoms with E-state index in [1.807, 2.05) is 24.3 Å². The van der Waals surface area contributed by atoms with Crippen molar-refractivity contribution in [2.75, 3.05) is 7.11 Å². The summed E-state index contributed by atoms with van der Waals surface area (Å²) in [5.41, 5.74) is 8.56. The first-order valence-corrected chi connectivity index (χ1v) is 5.84. The maximum Gasteiger partial charge on any atom is 0.160 e. The summed E-state index contributed by atoms with van der Waals surface area (Å²) in [6, 6.07) is 7.75. The number of hydrogen-bond acceptors (Lipinski definition) is 3. The van der Waals surface area contributed by atoms with Crippen LogP contribution in [0.25, 0.3) is 0 Å². The second kappa shape index (κ2) is 5.04. The largest absolute Gasteiger partial charge is 0.497 e. The van der Waals surface area contributed by atoms with Crippen LogP contribution in [-0.4, -0.2) is 12.9 Å². The van der Waals surface area contributed by atoms with Crippen LogP contribution in [0.15, 0.2) is 35.5 Å². The van der Waals surface area contributed by atoms with Gasteiger partial charge in [-0.3, -0.25) is 4.79 Å². The predicted molar refractivity (Wildman–Crippen MR) is 66.8 cm³/mol. The highest BCUT2D eigenvalue weighted by Crippen LogP contribution is 2.22. The highest BCUT2D eigenvalue weighted by Gasteiger charge is 2.18. The molecule has 1 aliphatic carbocycles. The first kappa shape index (κ1) is 11.7. The number of ether oxygens (including phenoxy) is 1. The van der Waals surface area contributed by atoms with Gasteiger partial charge in [-0.15, -0.1) is 0 Å². The molecule has 17 heavy (non-hydrogen) atoms. The van der Waals surface area contributed by atoms with Crippen molar-refractivity contribution >= 4 is 5.78 Å². The summed E-state index contributed by atoms with van der Waals surface area (Å²) in [5.74, 6) is 1.02. The van der Waals surface area contributed by atoms with Crippen molar-refractivity contribution in [3.63, 3.8) is 0 Å². The van der Waals surface area contributed by atoms with Gasteiger partial charge in [0.15, 0.2) is 5.78 Å². The van der Waals surface area contributed by atoms with E-state index in [9.17, 15) is 4.79 Å². The smallest absolute Gasteiger partial charge is 0.160 e. The maximum absolute atomic E-state index is 11.8. The lowest BCUT2D eigenvalue weighted by Gasteiger charge is -2.16. The molecule has 2 N–H and O–H groups in total. The lowest BCUT2D eigenvalue weighted by molar-refractivity contribution is -0.116. The molecule has 0 bridgehead atoms. The Balaban J connectivity index is 2.16. The van der Waals surface area contributed by atoms with Gasteiger partial charge in [0.05, 0.1) is 7.11 Å². The van der Waals surface area contributed by atoms with Crippen LogP contribution >= 0.6 is 0 Å². The van der Waals surface area contributed by atoms with Gasteiger partial charge in [-0.1, -0.05) is 12.1 Å². The van der Waals surface area contributed by atoms with Crippen molar-refractivity contribution in [1.29, 1.82) is 0 Å². The number of benzene rings is 1. The van der Waals surface area contributed by atoms with E-state index < -0.39 is 0 Å². The van der Waals surface area contributed by atoms with Crippen LogP contribution in [-0.2, 0) is 11.2 Å². The third-order valence-corrected chi connectivity index (χ3v) is 3.11. The second-order valence-electron chi connectivity index (χ2n) is 4.31. The lowest BCUT2D eigenvalue weighted by atomic mass is 9.91. The van der Waals surface area contributed by atoms with Crippen molar-refractivity contribution in [1.82, 2.24) is 0 Å². The molecule has 0 unspecified atom stereocenters. The van der Waals surface area contributed by atoms with Crippen LogP contribution in [0, 0.1) is 0 Å². The fraction of sp³-hybridized carbons (Fsp3) is 0.357. The summed E-state index contributed by atoms with van der Waals surface area (Å²) < 4.78 is 5.10. The normalized spacial score (nSPS) is 16.2. The highest BCUT2D eigenvalue weighted by atomic mass is 16.5. The van der Waals surface area contributed by atoms with E-state index in [1.54, 1.807) is 7.11 Å². The van der Waals surface area contributed by atoms with E-state index in [1.165, 1.54) is 0 Å². The number of carbonyl (C=O) groups excluding carboxylic acids is 1. The van der Waals surface area contributed by atoms with Gasteiger partial charge >= 0.3 is 0 Å². The minimum absolute atomic E-state index is 0.199. The molecule has 0 atom stereocenters. The van der Waals surface area contributed by atoms with Crippen molar-refractivity contribution in [2.45, 2.75) is 25.7 Å². The predicted octanol–water partition coefficient (Wildman–Crippen LogP) is 2.20. The summed E-state index contributed by atoms with van der Waals surface area (Å²) in [6.07, 6.45) is 2.99. The molecule has 0 spiro atoms. The molecule has 3 heteroatoms. The summed E-state index contributed by atoms with van der Waals surface area (Å²) in [5, 5.41) is 0. The molecule has 1 aromatic carbocycles. The number of Topliss-reactive ketones (excluding diaryl/α,β-unsaturated/α-hetero) is 1. The molecule has 0 saturated carbocycles. The van der Waals surface area contributed by atoms with Crippen LogP contribution in [0.4, 0.5) is 0 Å². The number of rotatable bonds is 3. The molecule has 0 fully saturated rings. The molecule has 1 aliphatic rings. The average Bonchev–Trinajstić information content (AvgIpc) is 2.35. The van der Waals surface area contributed by atoms with E-state index in [-0.39, 0.29) is 5.78 Å². The molecular weight excluding hydrogens is 214 g/mol. The van der Waals surface area contributed by atoms with Crippen molar-refractivity contribution in [2.24, 2.45) is 5.73 Å². The lowest BCUT2D eigenvalue weighted by Crippen LogP contribution is -2.18. The van der Waals surface area contributed by atoms with E-state index in [0.717, 1.165) is 35.4 Å². The number of allylic oxidation sites excluding steroid dienone is 2. The standard InChI is InChI=1S/C14H17NO2/c1-17-11-7-5-10(6-8-11)9-12-13(15)3-2-4-14(12)16/h5-8H,2-4,9,15H2,1H3. The summed E-state index contributed by atoms with van der Waals surface area (Å²) in [7, 11) is 1.64. The first-order chi connectivity index (χ1) is 8.20. The molecule has 2 rings (SSSR count). The quantitative estimate of drug-likeness (QED) is 0.867. The fourth-order valence-corrected chi connectivity index (χ4v) is 2.08. The molecule has 0 heterocycles. The topological polar surface area (TPSA) is 52.3 Å². The zero-order valence-electron chi connectivity index (χ0n) is 10.0. The molecule has 90 valence electrons. The molecular formula is C14H17NO2. The monoisotopic (exact) mass is 231 g/mol. The summed E-state index contributed by atoms with van der Waals surface area (Å²) >= 11 is 0. The highest BCUT2D eigenvalue weighted by molar-refractivity contribution is 5.97. The Labute approximate surface area is 101 Å². The maximum atomic E-state index is 11.8. The fourth-order valence-electron chi connectivity index (χ4n) is 2.08. The van der Waals surface area contributed by atoms with Gasteiger partial charge < -0.3 is 10.5 Å². The third-order valence-electron chi connectivity index (χ3n) is 3.11. The minimum atomic E-state index is 0.199. The Bertz CT molecular complexity index is 446. The van der Waals surface area contributed by atoms with Crippen molar-refractivity contribution in [3.05, 3.63) is 41.1 Å². The Morgan fingerprint density at radius 2 is 1.94 bits per heavy atom. The average molecular weight is 231 g/mol. The molecule has 0 amide bonds. The van der Waals surface area contributed by atoms with Gasteiger partial charge in [0.1, 0.15) is 5.75 Å².